The van der Waals surface area contributed by atoms with Crippen molar-refractivity contribution in [3.8, 4) is 0 Å². The van der Waals surface area contributed by atoms with Crippen molar-refractivity contribution >= 4 is 17.1 Å². The van der Waals surface area contributed by atoms with Gasteiger partial charge in [-0.05, 0) is 43.8 Å². The van der Waals surface area contributed by atoms with Crippen molar-refractivity contribution < 1.29 is 14.3 Å². The molecular weight excluding hydrogens is 320 g/mol. The summed E-state index contributed by atoms with van der Waals surface area (Å²) in [4.78, 5) is 21.1. The summed E-state index contributed by atoms with van der Waals surface area (Å²) in [6.07, 6.45) is 5.13. The molecule has 0 aromatic carbocycles. The van der Waals surface area contributed by atoms with E-state index in [-0.39, 0.29) is 5.97 Å². The van der Waals surface area contributed by atoms with Crippen molar-refractivity contribution in [1.29, 1.82) is 0 Å². The Balaban J connectivity index is 1.74. The standard InChI is InChI=1S/C18H24N4O3/c1-24-8-7-22-14-9-12(17(23)25-2)11-20-15(14)21-16(22)13-10-18(13)3-5-19-6-4-18/h9,11,13,19H,3-8,10H2,1-2H3. The summed E-state index contributed by atoms with van der Waals surface area (Å²) in [6.45, 7) is 3.47. The third kappa shape index (κ3) is 2.81. The summed E-state index contributed by atoms with van der Waals surface area (Å²) in [6, 6.07) is 1.83. The molecule has 1 aliphatic carbocycles. The van der Waals surface area contributed by atoms with E-state index in [1.165, 1.54) is 26.4 Å². The molecule has 1 saturated carbocycles. The van der Waals surface area contributed by atoms with Crippen LogP contribution in [0.4, 0.5) is 0 Å². The molecule has 1 aliphatic heterocycles. The van der Waals surface area contributed by atoms with Crippen LogP contribution >= 0.6 is 0 Å². The van der Waals surface area contributed by atoms with Crippen molar-refractivity contribution in [2.75, 3.05) is 33.9 Å². The minimum absolute atomic E-state index is 0.378. The summed E-state index contributed by atoms with van der Waals surface area (Å²) in [7, 11) is 3.08. The van der Waals surface area contributed by atoms with Gasteiger partial charge in [0.2, 0.25) is 0 Å². The lowest BCUT2D eigenvalue weighted by molar-refractivity contribution is 0.0600. The van der Waals surface area contributed by atoms with Crippen LogP contribution in [0.2, 0.25) is 0 Å². The number of ether oxygens (including phenoxy) is 2. The molecule has 1 N–H and O–H groups in total. The Hall–Kier alpha value is -1.99. The topological polar surface area (TPSA) is 78.3 Å². The molecule has 0 bridgehead atoms. The number of nitrogens with one attached hydrogen (secondary N) is 1. The highest BCUT2D eigenvalue weighted by molar-refractivity contribution is 5.92. The Labute approximate surface area is 146 Å². The van der Waals surface area contributed by atoms with Gasteiger partial charge in [-0.3, -0.25) is 0 Å². The van der Waals surface area contributed by atoms with Gasteiger partial charge in [-0.2, -0.15) is 0 Å². The van der Waals surface area contributed by atoms with Crippen LogP contribution in [0.1, 0.15) is 41.4 Å². The molecule has 2 aromatic heterocycles. The van der Waals surface area contributed by atoms with Crippen LogP contribution in [-0.2, 0) is 16.0 Å². The Morgan fingerprint density at radius 3 is 2.92 bits per heavy atom. The largest absolute Gasteiger partial charge is 0.465 e. The Morgan fingerprint density at radius 2 is 2.20 bits per heavy atom. The number of rotatable bonds is 5. The molecule has 2 aliphatic rings. The molecule has 3 heterocycles. The first kappa shape index (κ1) is 16.5. The number of aromatic nitrogens is 3. The molecule has 1 unspecified atom stereocenters. The second-order valence-electron chi connectivity index (χ2n) is 7.04. The van der Waals surface area contributed by atoms with Gasteiger partial charge in [-0.1, -0.05) is 0 Å². The number of hydrogen-bond donors (Lipinski definition) is 1. The van der Waals surface area contributed by atoms with Gasteiger partial charge in [0.1, 0.15) is 5.82 Å². The molecule has 134 valence electrons. The molecule has 1 spiro atoms. The summed E-state index contributed by atoms with van der Waals surface area (Å²) >= 11 is 0. The van der Waals surface area contributed by atoms with Crippen molar-refractivity contribution in [3.63, 3.8) is 0 Å². The van der Waals surface area contributed by atoms with Crippen LogP contribution in [0.5, 0.6) is 0 Å². The molecule has 1 atom stereocenters. The van der Waals surface area contributed by atoms with E-state index in [0.29, 0.717) is 35.7 Å². The van der Waals surface area contributed by atoms with E-state index in [0.717, 1.165) is 24.4 Å². The second-order valence-corrected chi connectivity index (χ2v) is 7.04. The van der Waals surface area contributed by atoms with E-state index in [1.54, 1.807) is 13.3 Å². The maximum atomic E-state index is 11.9. The van der Waals surface area contributed by atoms with Gasteiger partial charge in [0.05, 0.1) is 24.8 Å². The number of methoxy groups -OCH3 is 2. The number of imidazole rings is 1. The van der Waals surface area contributed by atoms with Crippen LogP contribution in [0, 0.1) is 5.41 Å². The van der Waals surface area contributed by atoms with Crippen LogP contribution in [-0.4, -0.2) is 54.4 Å². The monoisotopic (exact) mass is 344 g/mol. The fourth-order valence-corrected chi connectivity index (χ4v) is 4.13. The fraction of sp³-hybridized carbons (Fsp3) is 0.611. The highest BCUT2D eigenvalue weighted by Gasteiger charge is 2.56. The molecule has 2 aromatic rings. The summed E-state index contributed by atoms with van der Waals surface area (Å²) in [5, 5.41) is 3.44. The van der Waals surface area contributed by atoms with Gasteiger partial charge >= 0.3 is 5.97 Å². The van der Waals surface area contributed by atoms with E-state index in [4.69, 9.17) is 14.5 Å². The molecule has 0 radical (unpaired) electrons. The lowest BCUT2D eigenvalue weighted by Gasteiger charge is -2.23. The van der Waals surface area contributed by atoms with Crippen molar-refractivity contribution in [1.82, 2.24) is 19.9 Å². The Kier molecular flexibility index (Phi) is 4.21. The molecular formula is C18H24N4O3. The smallest absolute Gasteiger partial charge is 0.339 e. The van der Waals surface area contributed by atoms with Crippen LogP contribution in [0.15, 0.2) is 12.3 Å². The SMILES string of the molecule is COCCn1c(C2CC23CCNCC3)nc2ncc(C(=O)OC)cc21. The predicted molar refractivity (Wildman–Crippen MR) is 92.6 cm³/mol. The first-order valence-corrected chi connectivity index (χ1v) is 8.83. The van der Waals surface area contributed by atoms with Gasteiger partial charge in [-0.25, -0.2) is 14.8 Å². The van der Waals surface area contributed by atoms with Gasteiger partial charge in [0.25, 0.3) is 0 Å². The van der Waals surface area contributed by atoms with Crippen LogP contribution < -0.4 is 5.32 Å². The molecule has 4 rings (SSSR count). The van der Waals surface area contributed by atoms with E-state index < -0.39 is 0 Å². The zero-order valence-corrected chi connectivity index (χ0v) is 14.7. The summed E-state index contributed by atoms with van der Waals surface area (Å²) < 4.78 is 12.3. The highest BCUT2D eigenvalue weighted by atomic mass is 16.5. The van der Waals surface area contributed by atoms with Gasteiger partial charge in [0, 0.05) is 25.8 Å². The maximum absolute atomic E-state index is 11.9. The lowest BCUT2D eigenvalue weighted by Crippen LogP contribution is -2.29. The van der Waals surface area contributed by atoms with Gasteiger partial charge in [0.15, 0.2) is 5.65 Å². The molecule has 2 fully saturated rings. The number of piperidine rings is 1. The van der Waals surface area contributed by atoms with E-state index >= 15 is 0 Å². The number of fused-ring (bicyclic) bond motifs is 1. The minimum Gasteiger partial charge on any atom is -0.465 e. The fourth-order valence-electron chi connectivity index (χ4n) is 4.13. The Morgan fingerprint density at radius 1 is 1.40 bits per heavy atom. The third-order valence-electron chi connectivity index (χ3n) is 5.68. The van der Waals surface area contributed by atoms with E-state index in [1.807, 2.05) is 6.07 Å². The van der Waals surface area contributed by atoms with E-state index in [2.05, 4.69) is 14.9 Å². The lowest BCUT2D eigenvalue weighted by atomic mass is 9.92. The first-order valence-electron chi connectivity index (χ1n) is 8.83. The minimum atomic E-state index is -0.378. The number of nitrogens with zero attached hydrogens (tertiary/aromatic N) is 3. The van der Waals surface area contributed by atoms with Gasteiger partial charge < -0.3 is 19.4 Å². The van der Waals surface area contributed by atoms with Crippen molar-refractivity contribution in [2.45, 2.75) is 31.7 Å². The number of esters is 1. The normalized spacial score (nSPS) is 21.6. The molecule has 0 amide bonds. The zero-order chi connectivity index (χ0) is 17.4. The quantitative estimate of drug-likeness (QED) is 0.832. The predicted octanol–water partition coefficient (Wildman–Crippen LogP) is 1.72. The molecule has 7 heteroatoms. The number of pyridine rings is 1. The maximum Gasteiger partial charge on any atom is 0.339 e. The van der Waals surface area contributed by atoms with E-state index in [9.17, 15) is 4.79 Å². The molecule has 1 saturated heterocycles. The molecule has 7 nitrogen and oxygen atoms in total. The van der Waals surface area contributed by atoms with Gasteiger partial charge in [-0.15, -0.1) is 0 Å². The number of carbonyl (C=O) groups is 1. The Bertz CT molecular complexity index is 795. The second kappa shape index (κ2) is 6.38. The average Bonchev–Trinajstić information content (AvgIpc) is 3.20. The van der Waals surface area contributed by atoms with Crippen LogP contribution in [0.3, 0.4) is 0 Å². The molecule has 25 heavy (non-hydrogen) atoms. The number of carbonyl (C=O) groups excluding carboxylic acids is 1. The van der Waals surface area contributed by atoms with Crippen molar-refractivity contribution in [2.24, 2.45) is 5.41 Å². The van der Waals surface area contributed by atoms with Crippen LogP contribution in [0.25, 0.3) is 11.2 Å². The number of hydrogen-bond acceptors (Lipinski definition) is 6. The summed E-state index contributed by atoms with van der Waals surface area (Å²) in [5.41, 5.74) is 2.41. The third-order valence-corrected chi connectivity index (χ3v) is 5.68. The highest BCUT2D eigenvalue weighted by Crippen LogP contribution is 2.64. The first-order chi connectivity index (χ1) is 12.2. The van der Waals surface area contributed by atoms with Crippen molar-refractivity contribution in [3.05, 3.63) is 23.7 Å². The summed E-state index contributed by atoms with van der Waals surface area (Å²) in [5.74, 6) is 1.18. The average molecular weight is 344 g/mol. The zero-order valence-electron chi connectivity index (χ0n) is 14.7.